The highest BCUT2D eigenvalue weighted by Crippen LogP contribution is 2.25. The molecule has 0 aromatic heterocycles. The van der Waals surface area contributed by atoms with Crippen molar-refractivity contribution in [2.24, 2.45) is 5.92 Å². The van der Waals surface area contributed by atoms with Crippen LogP contribution in [0, 0.1) is 5.92 Å². The van der Waals surface area contributed by atoms with Crippen LogP contribution in [0.15, 0.2) is 22.7 Å². The molecule has 6 heteroatoms. The number of piperidine rings is 1. The van der Waals surface area contributed by atoms with Gasteiger partial charge in [-0.25, -0.2) is 0 Å². The molecule has 1 aromatic rings. The van der Waals surface area contributed by atoms with Gasteiger partial charge in [0.1, 0.15) is 0 Å². The summed E-state index contributed by atoms with van der Waals surface area (Å²) in [5, 5.41) is 0.407. The fraction of sp³-hybridized carbons (Fsp3) is 0.429. The van der Waals surface area contributed by atoms with E-state index in [2.05, 4.69) is 15.9 Å². The molecule has 2 rings (SSSR count). The van der Waals surface area contributed by atoms with Gasteiger partial charge in [0.15, 0.2) is 0 Å². The predicted octanol–water partition coefficient (Wildman–Crippen LogP) is 3.13. The SMILES string of the molecule is COC(=O)C1CCCN(C(=O)c2ccc(Br)cc2Cl)C1. The molecule has 1 unspecified atom stereocenters. The van der Waals surface area contributed by atoms with Crippen LogP contribution in [0.1, 0.15) is 23.2 Å². The van der Waals surface area contributed by atoms with E-state index < -0.39 is 0 Å². The number of hydrogen-bond acceptors (Lipinski definition) is 3. The third-order valence-corrected chi connectivity index (χ3v) is 4.21. The van der Waals surface area contributed by atoms with Crippen molar-refractivity contribution in [1.82, 2.24) is 4.90 Å². The normalized spacial score (nSPS) is 18.8. The van der Waals surface area contributed by atoms with Gasteiger partial charge in [-0.1, -0.05) is 27.5 Å². The molecule has 1 fully saturated rings. The van der Waals surface area contributed by atoms with Gasteiger partial charge in [0.05, 0.1) is 23.6 Å². The maximum atomic E-state index is 12.5. The molecular formula is C14H15BrClNO3. The smallest absolute Gasteiger partial charge is 0.310 e. The highest BCUT2D eigenvalue weighted by molar-refractivity contribution is 9.10. The van der Waals surface area contributed by atoms with E-state index in [1.807, 2.05) is 0 Å². The maximum absolute atomic E-state index is 12.5. The summed E-state index contributed by atoms with van der Waals surface area (Å²) >= 11 is 9.41. The number of nitrogens with zero attached hydrogens (tertiary/aromatic N) is 1. The zero-order chi connectivity index (χ0) is 14.7. The van der Waals surface area contributed by atoms with Gasteiger partial charge in [-0.05, 0) is 31.0 Å². The molecule has 0 aliphatic carbocycles. The van der Waals surface area contributed by atoms with E-state index in [0.29, 0.717) is 23.7 Å². The van der Waals surface area contributed by atoms with E-state index in [0.717, 1.165) is 17.3 Å². The lowest BCUT2D eigenvalue weighted by Gasteiger charge is -2.31. The van der Waals surface area contributed by atoms with Gasteiger partial charge in [-0.3, -0.25) is 9.59 Å². The van der Waals surface area contributed by atoms with Crippen molar-refractivity contribution < 1.29 is 14.3 Å². The summed E-state index contributed by atoms with van der Waals surface area (Å²) in [6.07, 6.45) is 1.55. The van der Waals surface area contributed by atoms with E-state index in [1.54, 1.807) is 23.1 Å². The number of halogens is 2. The van der Waals surface area contributed by atoms with Crippen molar-refractivity contribution in [2.75, 3.05) is 20.2 Å². The number of amides is 1. The van der Waals surface area contributed by atoms with E-state index in [4.69, 9.17) is 16.3 Å². The molecule has 0 saturated carbocycles. The number of likely N-dealkylation sites (tertiary alicyclic amines) is 1. The van der Waals surface area contributed by atoms with Crippen LogP contribution in [0.3, 0.4) is 0 Å². The van der Waals surface area contributed by atoms with E-state index >= 15 is 0 Å². The number of methoxy groups -OCH3 is 1. The zero-order valence-corrected chi connectivity index (χ0v) is 13.4. The highest BCUT2D eigenvalue weighted by atomic mass is 79.9. The first-order valence-electron chi connectivity index (χ1n) is 6.35. The molecule has 108 valence electrons. The fourth-order valence-electron chi connectivity index (χ4n) is 2.35. The van der Waals surface area contributed by atoms with Crippen molar-refractivity contribution in [2.45, 2.75) is 12.8 Å². The van der Waals surface area contributed by atoms with E-state index in [9.17, 15) is 9.59 Å². The second-order valence-electron chi connectivity index (χ2n) is 4.74. The Morgan fingerprint density at radius 1 is 1.45 bits per heavy atom. The van der Waals surface area contributed by atoms with Crippen molar-refractivity contribution >= 4 is 39.4 Å². The molecule has 1 saturated heterocycles. The van der Waals surface area contributed by atoms with Crippen LogP contribution < -0.4 is 0 Å². The van der Waals surface area contributed by atoms with Crippen LogP contribution in [0.5, 0.6) is 0 Å². The van der Waals surface area contributed by atoms with Crippen molar-refractivity contribution in [3.05, 3.63) is 33.3 Å². The Labute approximate surface area is 131 Å². The lowest BCUT2D eigenvalue weighted by Crippen LogP contribution is -2.42. The summed E-state index contributed by atoms with van der Waals surface area (Å²) in [6.45, 7) is 1.02. The second-order valence-corrected chi connectivity index (χ2v) is 6.06. The molecule has 0 bridgehead atoms. The van der Waals surface area contributed by atoms with E-state index in [1.165, 1.54) is 7.11 Å². The van der Waals surface area contributed by atoms with Gasteiger partial charge < -0.3 is 9.64 Å². The molecule has 1 aromatic carbocycles. The van der Waals surface area contributed by atoms with Crippen LogP contribution in [-0.4, -0.2) is 37.0 Å². The third kappa shape index (κ3) is 3.33. The van der Waals surface area contributed by atoms with Gasteiger partial charge in [0.2, 0.25) is 0 Å². The number of esters is 1. The molecule has 1 heterocycles. The molecule has 4 nitrogen and oxygen atoms in total. The van der Waals surface area contributed by atoms with Gasteiger partial charge in [-0.2, -0.15) is 0 Å². The first kappa shape index (κ1) is 15.3. The summed E-state index contributed by atoms with van der Waals surface area (Å²) in [7, 11) is 1.37. The molecule has 1 aliphatic heterocycles. The standard InChI is InChI=1S/C14H15BrClNO3/c1-20-14(19)9-3-2-6-17(8-9)13(18)11-5-4-10(15)7-12(11)16/h4-5,7,9H,2-3,6,8H2,1H3. The van der Waals surface area contributed by atoms with Crippen molar-refractivity contribution in [3.8, 4) is 0 Å². The van der Waals surface area contributed by atoms with Crippen LogP contribution in [-0.2, 0) is 9.53 Å². The molecule has 1 aliphatic rings. The molecule has 1 amide bonds. The number of rotatable bonds is 2. The lowest BCUT2D eigenvalue weighted by atomic mass is 9.97. The summed E-state index contributed by atoms with van der Waals surface area (Å²) in [5.74, 6) is -0.646. The largest absolute Gasteiger partial charge is 0.469 e. The molecule has 20 heavy (non-hydrogen) atoms. The number of hydrogen-bond donors (Lipinski definition) is 0. The zero-order valence-electron chi connectivity index (χ0n) is 11.1. The Morgan fingerprint density at radius 3 is 2.85 bits per heavy atom. The first-order chi connectivity index (χ1) is 9.52. The average Bonchev–Trinajstić information content (AvgIpc) is 2.46. The number of carbonyl (C=O) groups is 2. The Morgan fingerprint density at radius 2 is 2.20 bits per heavy atom. The summed E-state index contributed by atoms with van der Waals surface area (Å²) in [5.41, 5.74) is 0.459. The van der Waals surface area contributed by atoms with Gasteiger partial charge in [-0.15, -0.1) is 0 Å². The van der Waals surface area contributed by atoms with Crippen molar-refractivity contribution in [3.63, 3.8) is 0 Å². The molecule has 0 N–H and O–H groups in total. The molecular weight excluding hydrogens is 346 g/mol. The minimum atomic E-state index is -0.260. The van der Waals surface area contributed by atoms with Crippen molar-refractivity contribution in [1.29, 1.82) is 0 Å². The van der Waals surface area contributed by atoms with Crippen LogP contribution >= 0.6 is 27.5 Å². The number of benzene rings is 1. The molecule has 0 spiro atoms. The number of carbonyl (C=O) groups excluding carboxylic acids is 2. The summed E-state index contributed by atoms with van der Waals surface area (Å²) < 4.78 is 5.58. The maximum Gasteiger partial charge on any atom is 0.310 e. The molecule has 0 radical (unpaired) electrons. The Balaban J connectivity index is 2.14. The Bertz CT molecular complexity index is 535. The second kappa shape index (κ2) is 6.59. The minimum absolute atomic E-state index is 0.142. The van der Waals surface area contributed by atoms with Crippen LogP contribution in [0.2, 0.25) is 5.02 Å². The predicted molar refractivity (Wildman–Crippen MR) is 79.8 cm³/mol. The van der Waals surface area contributed by atoms with Gasteiger partial charge >= 0.3 is 5.97 Å². The number of ether oxygens (including phenoxy) is 1. The Hall–Kier alpha value is -1.07. The lowest BCUT2D eigenvalue weighted by molar-refractivity contribution is -0.146. The molecule has 1 atom stereocenters. The average molecular weight is 361 g/mol. The fourth-order valence-corrected chi connectivity index (χ4v) is 3.11. The van der Waals surface area contributed by atoms with E-state index in [-0.39, 0.29) is 17.8 Å². The summed E-state index contributed by atoms with van der Waals surface area (Å²) in [4.78, 5) is 25.7. The van der Waals surface area contributed by atoms with Crippen LogP contribution in [0.4, 0.5) is 0 Å². The topological polar surface area (TPSA) is 46.6 Å². The summed E-state index contributed by atoms with van der Waals surface area (Å²) in [6, 6.07) is 5.16. The third-order valence-electron chi connectivity index (χ3n) is 3.40. The first-order valence-corrected chi connectivity index (χ1v) is 7.52. The quantitative estimate of drug-likeness (QED) is 0.761. The Kier molecular flexibility index (Phi) is 5.05. The van der Waals surface area contributed by atoms with Crippen LogP contribution in [0.25, 0.3) is 0 Å². The van der Waals surface area contributed by atoms with Gasteiger partial charge in [0.25, 0.3) is 5.91 Å². The highest BCUT2D eigenvalue weighted by Gasteiger charge is 2.30. The minimum Gasteiger partial charge on any atom is -0.469 e. The van der Waals surface area contributed by atoms with Gasteiger partial charge in [0, 0.05) is 17.6 Å². The monoisotopic (exact) mass is 359 g/mol.